The summed E-state index contributed by atoms with van der Waals surface area (Å²) in [6.07, 6.45) is 3.56. The number of aromatic nitrogens is 2. The minimum Gasteiger partial charge on any atom is -0.325 e. The molecule has 1 heterocycles. The zero-order valence-electron chi connectivity index (χ0n) is 8.04. The fourth-order valence-electron chi connectivity index (χ4n) is 1.29. The van der Waals surface area contributed by atoms with E-state index in [2.05, 4.69) is 4.98 Å². The van der Waals surface area contributed by atoms with Gasteiger partial charge in [-0.1, -0.05) is 18.2 Å². The van der Waals surface area contributed by atoms with E-state index in [9.17, 15) is 0 Å². The maximum Gasteiger partial charge on any atom is 0.0994 e. The number of hydrogen-bond donors (Lipinski definition) is 1. The molecule has 0 aliphatic rings. The van der Waals surface area contributed by atoms with Gasteiger partial charge in [0.15, 0.2) is 0 Å². The maximum atomic E-state index is 5.57. The molecular formula is C10H13Cl2N3. The van der Waals surface area contributed by atoms with Gasteiger partial charge < -0.3 is 10.3 Å². The molecule has 0 aliphatic carbocycles. The van der Waals surface area contributed by atoms with Gasteiger partial charge in [-0.05, 0) is 12.1 Å². The normalized spacial score (nSPS) is 8.87. The Balaban J connectivity index is 0.000000980. The second kappa shape index (κ2) is 6.45. The van der Waals surface area contributed by atoms with Crippen LogP contribution in [-0.4, -0.2) is 9.55 Å². The van der Waals surface area contributed by atoms with E-state index in [0.717, 1.165) is 11.4 Å². The summed E-state index contributed by atoms with van der Waals surface area (Å²) in [6, 6.07) is 10.0. The second-order valence-electron chi connectivity index (χ2n) is 2.79. The number of nitrogens with zero attached hydrogens (tertiary/aromatic N) is 2. The predicted octanol–water partition coefficient (Wildman–Crippen LogP) is 2.17. The molecule has 2 aromatic rings. The third-order valence-electron chi connectivity index (χ3n) is 1.96. The molecule has 0 saturated carbocycles. The Hall–Kier alpha value is -1.03. The first-order chi connectivity index (χ1) is 6.42. The smallest absolute Gasteiger partial charge is 0.0994 e. The fourth-order valence-corrected chi connectivity index (χ4v) is 1.29. The topological polar surface area (TPSA) is 43.8 Å². The molecule has 0 bridgehead atoms. The number of benzene rings is 1. The first-order valence-corrected chi connectivity index (χ1v) is 4.18. The van der Waals surface area contributed by atoms with Crippen LogP contribution in [0.25, 0.3) is 5.69 Å². The summed E-state index contributed by atoms with van der Waals surface area (Å²) < 4.78 is 1.99. The molecule has 0 saturated heterocycles. The molecule has 1 aromatic heterocycles. The standard InChI is InChI=1S/C10H11N3.2ClH/c11-6-10-7-12-8-13(10)9-4-2-1-3-5-9;;/h1-5,7-8H,6,11H2;2*1H. The van der Waals surface area contributed by atoms with Crippen molar-refractivity contribution in [2.45, 2.75) is 6.54 Å². The Labute approximate surface area is 101 Å². The van der Waals surface area contributed by atoms with Crippen molar-refractivity contribution in [3.63, 3.8) is 0 Å². The first kappa shape index (κ1) is 14.0. The summed E-state index contributed by atoms with van der Waals surface area (Å²) in [7, 11) is 0. The zero-order valence-corrected chi connectivity index (χ0v) is 9.67. The van der Waals surface area contributed by atoms with E-state index >= 15 is 0 Å². The highest BCUT2D eigenvalue weighted by molar-refractivity contribution is 5.85. The van der Waals surface area contributed by atoms with Gasteiger partial charge in [0.25, 0.3) is 0 Å². The van der Waals surface area contributed by atoms with Crippen molar-refractivity contribution in [3.8, 4) is 5.69 Å². The highest BCUT2D eigenvalue weighted by atomic mass is 35.5. The molecule has 3 nitrogen and oxygen atoms in total. The summed E-state index contributed by atoms with van der Waals surface area (Å²) in [6.45, 7) is 0.509. The molecular weight excluding hydrogens is 233 g/mol. The molecule has 0 fully saturated rings. The number of imidazole rings is 1. The highest BCUT2D eigenvalue weighted by Crippen LogP contribution is 2.09. The first-order valence-electron chi connectivity index (χ1n) is 4.18. The lowest BCUT2D eigenvalue weighted by molar-refractivity contribution is 0.910. The van der Waals surface area contributed by atoms with Crippen LogP contribution in [0.1, 0.15) is 5.69 Å². The molecule has 2 N–H and O–H groups in total. The van der Waals surface area contributed by atoms with Gasteiger partial charge in [-0.15, -0.1) is 24.8 Å². The number of nitrogens with two attached hydrogens (primary N) is 1. The van der Waals surface area contributed by atoms with Gasteiger partial charge in [0.1, 0.15) is 0 Å². The predicted molar refractivity (Wildman–Crippen MR) is 66.0 cm³/mol. The summed E-state index contributed by atoms with van der Waals surface area (Å²) in [4.78, 5) is 4.05. The third kappa shape index (κ3) is 2.96. The second-order valence-corrected chi connectivity index (χ2v) is 2.79. The average Bonchev–Trinajstić information content (AvgIpc) is 2.67. The SMILES string of the molecule is Cl.Cl.NCc1cncn1-c1ccccc1. The fraction of sp³-hybridized carbons (Fsp3) is 0.100. The Morgan fingerprint density at radius 1 is 1.13 bits per heavy atom. The summed E-state index contributed by atoms with van der Waals surface area (Å²) >= 11 is 0. The Bertz CT molecular complexity index is 387. The van der Waals surface area contributed by atoms with Gasteiger partial charge in [0.05, 0.1) is 12.0 Å². The highest BCUT2D eigenvalue weighted by Gasteiger charge is 2.00. The van der Waals surface area contributed by atoms with Crippen LogP contribution in [0.4, 0.5) is 0 Å². The minimum atomic E-state index is 0. The van der Waals surface area contributed by atoms with Gasteiger partial charge in [0.2, 0.25) is 0 Å². The largest absolute Gasteiger partial charge is 0.325 e. The number of rotatable bonds is 2. The molecule has 5 heteroatoms. The van der Waals surface area contributed by atoms with Gasteiger partial charge in [-0.25, -0.2) is 4.98 Å². The van der Waals surface area contributed by atoms with Crippen LogP contribution >= 0.6 is 24.8 Å². The molecule has 0 radical (unpaired) electrons. The van der Waals surface area contributed by atoms with Crippen molar-refractivity contribution < 1.29 is 0 Å². The van der Waals surface area contributed by atoms with Crippen LogP contribution in [0.3, 0.4) is 0 Å². The molecule has 15 heavy (non-hydrogen) atoms. The third-order valence-corrected chi connectivity index (χ3v) is 1.96. The van der Waals surface area contributed by atoms with Crippen molar-refractivity contribution in [1.82, 2.24) is 9.55 Å². The van der Waals surface area contributed by atoms with Crippen LogP contribution in [0.2, 0.25) is 0 Å². The molecule has 2 rings (SSSR count). The van der Waals surface area contributed by atoms with E-state index in [4.69, 9.17) is 5.73 Å². The van der Waals surface area contributed by atoms with Crippen LogP contribution in [-0.2, 0) is 6.54 Å². The molecule has 0 spiro atoms. The maximum absolute atomic E-state index is 5.57. The van der Waals surface area contributed by atoms with Crippen molar-refractivity contribution >= 4 is 24.8 Å². The van der Waals surface area contributed by atoms with Crippen LogP contribution < -0.4 is 5.73 Å². The molecule has 0 atom stereocenters. The average molecular weight is 246 g/mol. The summed E-state index contributed by atoms with van der Waals surface area (Å²) in [5.41, 5.74) is 7.69. The summed E-state index contributed by atoms with van der Waals surface area (Å²) in [5.74, 6) is 0. The van der Waals surface area contributed by atoms with Crippen molar-refractivity contribution in [3.05, 3.63) is 48.5 Å². The van der Waals surface area contributed by atoms with E-state index in [1.54, 1.807) is 12.5 Å². The van der Waals surface area contributed by atoms with Gasteiger partial charge >= 0.3 is 0 Å². The van der Waals surface area contributed by atoms with Crippen molar-refractivity contribution in [1.29, 1.82) is 0 Å². The Kier molecular flexibility index (Phi) is 6.01. The molecule has 0 aliphatic heterocycles. The van der Waals surface area contributed by atoms with Gasteiger partial charge in [-0.2, -0.15) is 0 Å². The molecule has 82 valence electrons. The lowest BCUT2D eigenvalue weighted by atomic mass is 10.3. The van der Waals surface area contributed by atoms with Gasteiger partial charge in [0, 0.05) is 18.4 Å². The monoisotopic (exact) mass is 245 g/mol. The zero-order chi connectivity index (χ0) is 9.10. The number of para-hydroxylation sites is 1. The van der Waals surface area contributed by atoms with Crippen LogP contribution in [0.15, 0.2) is 42.9 Å². The molecule has 0 amide bonds. The van der Waals surface area contributed by atoms with Crippen molar-refractivity contribution in [2.75, 3.05) is 0 Å². The van der Waals surface area contributed by atoms with Crippen LogP contribution in [0, 0.1) is 0 Å². The summed E-state index contributed by atoms with van der Waals surface area (Å²) in [5, 5.41) is 0. The van der Waals surface area contributed by atoms with E-state index in [0.29, 0.717) is 6.54 Å². The molecule has 0 unspecified atom stereocenters. The van der Waals surface area contributed by atoms with E-state index in [1.165, 1.54) is 0 Å². The van der Waals surface area contributed by atoms with Crippen LogP contribution in [0.5, 0.6) is 0 Å². The Morgan fingerprint density at radius 3 is 2.40 bits per heavy atom. The Morgan fingerprint density at radius 2 is 1.80 bits per heavy atom. The molecule has 1 aromatic carbocycles. The lowest BCUT2D eigenvalue weighted by Crippen LogP contribution is -2.04. The van der Waals surface area contributed by atoms with Gasteiger partial charge in [-0.3, -0.25) is 0 Å². The quantitative estimate of drug-likeness (QED) is 0.882. The number of hydrogen-bond acceptors (Lipinski definition) is 2. The van der Waals surface area contributed by atoms with Crippen molar-refractivity contribution in [2.24, 2.45) is 5.73 Å². The minimum absolute atomic E-state index is 0. The van der Waals surface area contributed by atoms with E-state index in [-0.39, 0.29) is 24.8 Å². The van der Waals surface area contributed by atoms with E-state index < -0.39 is 0 Å². The van der Waals surface area contributed by atoms with E-state index in [1.807, 2.05) is 34.9 Å². The lowest BCUT2D eigenvalue weighted by Gasteiger charge is -2.04. The number of halogens is 2.